The molecule has 1 amide bonds. The Balaban J connectivity index is 1.94. The van der Waals surface area contributed by atoms with E-state index in [4.69, 9.17) is 11.6 Å². The first kappa shape index (κ1) is 13.4. The molecule has 1 aromatic carbocycles. The maximum atomic E-state index is 12.1. The Morgan fingerprint density at radius 2 is 2.17 bits per heavy atom. The van der Waals surface area contributed by atoms with Crippen molar-refractivity contribution in [2.75, 3.05) is 20.1 Å². The van der Waals surface area contributed by atoms with Gasteiger partial charge in [0.15, 0.2) is 0 Å². The number of piperidine rings is 1. The molecule has 3 nitrogen and oxygen atoms in total. The van der Waals surface area contributed by atoms with Gasteiger partial charge in [-0.25, -0.2) is 0 Å². The van der Waals surface area contributed by atoms with Crippen molar-refractivity contribution in [1.82, 2.24) is 10.2 Å². The highest BCUT2D eigenvalue weighted by Gasteiger charge is 2.19. The van der Waals surface area contributed by atoms with Crippen LogP contribution >= 0.6 is 11.6 Å². The van der Waals surface area contributed by atoms with Gasteiger partial charge < -0.3 is 10.2 Å². The van der Waals surface area contributed by atoms with Crippen molar-refractivity contribution in [3.05, 3.63) is 35.4 Å². The Labute approximate surface area is 113 Å². The fourth-order valence-electron chi connectivity index (χ4n) is 2.30. The first-order chi connectivity index (χ1) is 8.69. The van der Waals surface area contributed by atoms with Crippen molar-refractivity contribution >= 4 is 17.5 Å². The van der Waals surface area contributed by atoms with Gasteiger partial charge in [-0.15, -0.1) is 11.6 Å². The summed E-state index contributed by atoms with van der Waals surface area (Å²) in [5.41, 5.74) is 1.74. The second kappa shape index (κ2) is 6.21. The van der Waals surface area contributed by atoms with Gasteiger partial charge in [-0.2, -0.15) is 0 Å². The van der Waals surface area contributed by atoms with Crippen LogP contribution in [0.4, 0.5) is 0 Å². The Morgan fingerprint density at radius 1 is 1.44 bits per heavy atom. The predicted molar refractivity (Wildman–Crippen MR) is 74.0 cm³/mol. The van der Waals surface area contributed by atoms with E-state index < -0.39 is 0 Å². The van der Waals surface area contributed by atoms with Crippen LogP contribution in [0.25, 0.3) is 0 Å². The van der Waals surface area contributed by atoms with Gasteiger partial charge in [0.2, 0.25) is 0 Å². The summed E-state index contributed by atoms with van der Waals surface area (Å²) < 4.78 is 0. The molecule has 1 fully saturated rings. The lowest BCUT2D eigenvalue weighted by Crippen LogP contribution is -2.46. The molecule has 98 valence electrons. The lowest BCUT2D eigenvalue weighted by Gasteiger charge is -2.30. The number of rotatable bonds is 3. The number of carbonyl (C=O) groups is 1. The predicted octanol–water partition coefficient (Wildman–Crippen LogP) is 2.25. The lowest BCUT2D eigenvalue weighted by atomic mass is 10.1. The minimum absolute atomic E-state index is 0.0106. The summed E-state index contributed by atoms with van der Waals surface area (Å²) >= 11 is 5.72. The molecule has 0 radical (unpaired) electrons. The zero-order valence-corrected chi connectivity index (χ0v) is 11.4. The van der Waals surface area contributed by atoms with Gasteiger partial charge in [-0.3, -0.25) is 4.79 Å². The molecule has 4 heteroatoms. The fourth-order valence-corrected chi connectivity index (χ4v) is 2.48. The Hall–Kier alpha value is -1.06. The third kappa shape index (κ3) is 3.47. The molecule has 1 aliphatic rings. The average Bonchev–Trinajstić information content (AvgIpc) is 2.39. The number of nitrogens with one attached hydrogen (secondary N) is 1. The fraction of sp³-hybridized carbons (Fsp3) is 0.500. The van der Waals surface area contributed by atoms with Gasteiger partial charge >= 0.3 is 0 Å². The van der Waals surface area contributed by atoms with Crippen molar-refractivity contribution in [1.29, 1.82) is 0 Å². The summed E-state index contributed by atoms with van der Waals surface area (Å²) in [6.45, 7) is 2.06. The van der Waals surface area contributed by atoms with Crippen molar-refractivity contribution in [3.8, 4) is 0 Å². The quantitative estimate of drug-likeness (QED) is 0.851. The first-order valence-corrected chi connectivity index (χ1v) is 6.87. The topological polar surface area (TPSA) is 32.3 Å². The molecule has 1 unspecified atom stereocenters. The SMILES string of the molecule is CN1CCCC(NC(=O)c2ccc(CCl)cc2)C1. The van der Waals surface area contributed by atoms with E-state index in [2.05, 4.69) is 17.3 Å². The van der Waals surface area contributed by atoms with Crippen LogP contribution in [0.3, 0.4) is 0 Å². The van der Waals surface area contributed by atoms with Crippen LogP contribution in [-0.4, -0.2) is 37.0 Å². The molecule has 1 heterocycles. The largest absolute Gasteiger partial charge is 0.348 e. The van der Waals surface area contributed by atoms with E-state index in [9.17, 15) is 4.79 Å². The molecule has 0 aliphatic carbocycles. The summed E-state index contributed by atoms with van der Waals surface area (Å²) in [6, 6.07) is 7.73. The number of nitrogens with zero attached hydrogens (tertiary/aromatic N) is 1. The average molecular weight is 267 g/mol. The number of hydrogen-bond donors (Lipinski definition) is 1. The molecular formula is C14H19ClN2O. The van der Waals surface area contributed by atoms with Crippen LogP contribution in [0.1, 0.15) is 28.8 Å². The van der Waals surface area contributed by atoms with Crippen LogP contribution in [0.2, 0.25) is 0 Å². The van der Waals surface area contributed by atoms with Gasteiger partial charge in [-0.05, 0) is 44.1 Å². The molecule has 0 aromatic heterocycles. The molecule has 18 heavy (non-hydrogen) atoms. The highest BCUT2D eigenvalue weighted by Crippen LogP contribution is 2.10. The lowest BCUT2D eigenvalue weighted by molar-refractivity contribution is 0.0912. The molecule has 1 saturated heterocycles. The van der Waals surface area contributed by atoms with Crippen LogP contribution in [0.15, 0.2) is 24.3 Å². The Kier molecular flexibility index (Phi) is 4.61. The maximum Gasteiger partial charge on any atom is 0.251 e. The molecule has 0 spiro atoms. The zero-order chi connectivity index (χ0) is 13.0. The Bertz CT molecular complexity index is 405. The van der Waals surface area contributed by atoms with Gasteiger partial charge in [0.25, 0.3) is 5.91 Å². The van der Waals surface area contributed by atoms with E-state index in [1.807, 2.05) is 24.3 Å². The molecule has 2 rings (SSSR count). The normalized spacial score (nSPS) is 20.7. The van der Waals surface area contributed by atoms with Crippen molar-refractivity contribution in [2.45, 2.75) is 24.8 Å². The molecule has 1 N–H and O–H groups in total. The number of hydrogen-bond acceptors (Lipinski definition) is 2. The number of benzene rings is 1. The molecular weight excluding hydrogens is 248 g/mol. The standard InChI is InChI=1S/C14H19ClN2O/c1-17-8-2-3-13(10-17)16-14(18)12-6-4-11(9-15)5-7-12/h4-7,13H,2-3,8-10H2,1H3,(H,16,18). The second-order valence-electron chi connectivity index (χ2n) is 4.91. The second-order valence-corrected chi connectivity index (χ2v) is 5.17. The van der Waals surface area contributed by atoms with Crippen LogP contribution in [0.5, 0.6) is 0 Å². The summed E-state index contributed by atoms with van der Waals surface area (Å²) in [5, 5.41) is 3.09. The molecule has 0 saturated carbocycles. The first-order valence-electron chi connectivity index (χ1n) is 6.33. The minimum atomic E-state index is 0.0106. The van der Waals surface area contributed by atoms with E-state index in [0.29, 0.717) is 11.4 Å². The van der Waals surface area contributed by atoms with Crippen molar-refractivity contribution in [2.24, 2.45) is 0 Å². The summed E-state index contributed by atoms with van der Waals surface area (Å²) in [5.74, 6) is 0.492. The van der Waals surface area contributed by atoms with E-state index >= 15 is 0 Å². The molecule has 1 aliphatic heterocycles. The number of likely N-dealkylation sites (tertiary alicyclic amines) is 1. The van der Waals surface area contributed by atoms with Gasteiger partial charge in [0, 0.05) is 24.0 Å². The number of amides is 1. The van der Waals surface area contributed by atoms with Gasteiger partial charge in [-0.1, -0.05) is 12.1 Å². The molecule has 1 atom stereocenters. The van der Waals surface area contributed by atoms with E-state index in [1.54, 1.807) is 0 Å². The third-order valence-corrected chi connectivity index (χ3v) is 3.64. The number of likely N-dealkylation sites (N-methyl/N-ethyl adjacent to an activating group) is 1. The van der Waals surface area contributed by atoms with Crippen LogP contribution in [0, 0.1) is 0 Å². The van der Waals surface area contributed by atoms with E-state index in [1.165, 1.54) is 0 Å². The summed E-state index contributed by atoms with van der Waals surface area (Å²) in [7, 11) is 2.09. The highest BCUT2D eigenvalue weighted by molar-refractivity contribution is 6.17. The van der Waals surface area contributed by atoms with Crippen LogP contribution in [-0.2, 0) is 5.88 Å². The maximum absolute atomic E-state index is 12.1. The van der Waals surface area contributed by atoms with Gasteiger partial charge in [0.05, 0.1) is 0 Å². The Morgan fingerprint density at radius 3 is 2.78 bits per heavy atom. The number of halogens is 1. The smallest absolute Gasteiger partial charge is 0.251 e. The molecule has 1 aromatic rings. The number of alkyl halides is 1. The van der Waals surface area contributed by atoms with Gasteiger partial charge in [0.1, 0.15) is 0 Å². The van der Waals surface area contributed by atoms with Crippen molar-refractivity contribution < 1.29 is 4.79 Å². The monoisotopic (exact) mass is 266 g/mol. The van der Waals surface area contributed by atoms with Crippen molar-refractivity contribution in [3.63, 3.8) is 0 Å². The summed E-state index contributed by atoms with van der Waals surface area (Å²) in [4.78, 5) is 14.3. The third-order valence-electron chi connectivity index (χ3n) is 3.33. The highest BCUT2D eigenvalue weighted by atomic mass is 35.5. The minimum Gasteiger partial charge on any atom is -0.348 e. The zero-order valence-electron chi connectivity index (χ0n) is 10.7. The summed E-state index contributed by atoms with van der Waals surface area (Å²) in [6.07, 6.45) is 2.21. The van der Waals surface area contributed by atoms with E-state index in [-0.39, 0.29) is 11.9 Å². The van der Waals surface area contributed by atoms with Crippen LogP contribution < -0.4 is 5.32 Å². The molecule has 0 bridgehead atoms. The number of carbonyl (C=O) groups excluding carboxylic acids is 1. The van der Waals surface area contributed by atoms with E-state index in [0.717, 1.165) is 31.5 Å².